The molecule has 1 aromatic heterocycles. The largest absolute Gasteiger partial charge is 0.490 e. The third-order valence-corrected chi connectivity index (χ3v) is 7.05. The Balaban J connectivity index is 1.33. The zero-order valence-corrected chi connectivity index (χ0v) is 23.7. The lowest BCUT2D eigenvalue weighted by molar-refractivity contribution is -0.117. The van der Waals surface area contributed by atoms with Crippen molar-refractivity contribution in [3.8, 4) is 17.6 Å². The van der Waals surface area contributed by atoms with Crippen molar-refractivity contribution in [3.63, 3.8) is 0 Å². The fourth-order valence-electron chi connectivity index (χ4n) is 5.04. The van der Waals surface area contributed by atoms with Crippen LogP contribution in [0.25, 0.3) is 27.8 Å². The summed E-state index contributed by atoms with van der Waals surface area (Å²) in [5, 5.41) is 16.2. The number of aromatic amines is 1. The standard InChI is InChI=1S/C36H33N3O3/c1-3-9-29-19-26(20-31(22-37)36(40)38-17-16-30-23-39-33-13-8-7-12-32(30)33)21-34(41-4-2)35(29)42-24-25-14-15-27-10-5-6-11-28(27)18-25/h3,5-8,10-15,18-21,23,39H,1,4,9,16-17,24H2,2H3,(H,38,40)/b31-20-. The normalized spacial score (nSPS) is 11.3. The number of amides is 1. The highest BCUT2D eigenvalue weighted by atomic mass is 16.5. The molecule has 0 saturated carbocycles. The molecule has 0 radical (unpaired) electrons. The first-order valence-corrected chi connectivity index (χ1v) is 14.1. The first-order chi connectivity index (χ1) is 20.6. The van der Waals surface area contributed by atoms with Crippen LogP contribution in [0, 0.1) is 11.3 Å². The van der Waals surface area contributed by atoms with E-state index in [0.717, 1.165) is 33.0 Å². The lowest BCUT2D eigenvalue weighted by atomic mass is 10.0. The topological polar surface area (TPSA) is 87.1 Å². The zero-order chi connectivity index (χ0) is 29.3. The molecule has 0 bridgehead atoms. The predicted octanol–water partition coefficient (Wildman–Crippen LogP) is 7.29. The molecule has 0 aliphatic heterocycles. The summed E-state index contributed by atoms with van der Waals surface area (Å²) in [5.74, 6) is 0.766. The minimum atomic E-state index is -0.419. The Hall–Kier alpha value is -5.28. The smallest absolute Gasteiger partial charge is 0.261 e. The summed E-state index contributed by atoms with van der Waals surface area (Å²) in [5.41, 5.74) is 4.77. The maximum Gasteiger partial charge on any atom is 0.261 e. The Kier molecular flexibility index (Phi) is 9.00. The molecule has 5 aromatic rings. The summed E-state index contributed by atoms with van der Waals surface area (Å²) >= 11 is 0. The van der Waals surface area contributed by atoms with E-state index < -0.39 is 5.91 Å². The molecule has 0 aliphatic rings. The molecule has 1 heterocycles. The van der Waals surface area contributed by atoms with Gasteiger partial charge >= 0.3 is 0 Å². The molecule has 2 N–H and O–H groups in total. The van der Waals surface area contributed by atoms with Gasteiger partial charge in [-0.2, -0.15) is 5.26 Å². The number of hydrogen-bond donors (Lipinski definition) is 2. The summed E-state index contributed by atoms with van der Waals surface area (Å²) in [6.07, 6.45) is 6.52. The lowest BCUT2D eigenvalue weighted by Crippen LogP contribution is -2.26. The highest BCUT2D eigenvalue weighted by Gasteiger charge is 2.16. The van der Waals surface area contributed by atoms with E-state index in [1.165, 1.54) is 5.39 Å². The number of hydrogen-bond acceptors (Lipinski definition) is 4. The van der Waals surface area contributed by atoms with Gasteiger partial charge in [0.25, 0.3) is 5.91 Å². The van der Waals surface area contributed by atoms with Gasteiger partial charge in [-0.3, -0.25) is 4.79 Å². The molecule has 0 fully saturated rings. The monoisotopic (exact) mass is 555 g/mol. The molecule has 6 heteroatoms. The van der Waals surface area contributed by atoms with Crippen LogP contribution in [-0.4, -0.2) is 24.0 Å². The van der Waals surface area contributed by atoms with Crippen LogP contribution in [-0.2, 0) is 24.2 Å². The third-order valence-electron chi connectivity index (χ3n) is 7.05. The van der Waals surface area contributed by atoms with Crippen molar-refractivity contribution in [2.75, 3.05) is 13.2 Å². The molecule has 1 amide bonds. The SMILES string of the molecule is C=CCc1cc(/C=C(/C#N)C(=O)NCCc2c[nH]c3ccccc23)cc(OCC)c1OCc1ccc2ccccc2c1. The second kappa shape index (κ2) is 13.4. The number of aromatic nitrogens is 1. The lowest BCUT2D eigenvalue weighted by Gasteiger charge is -2.17. The molecular weight excluding hydrogens is 522 g/mol. The predicted molar refractivity (Wildman–Crippen MR) is 168 cm³/mol. The van der Waals surface area contributed by atoms with E-state index in [0.29, 0.717) is 49.7 Å². The van der Waals surface area contributed by atoms with Crippen LogP contribution in [0.3, 0.4) is 0 Å². The number of ether oxygens (including phenoxy) is 2. The molecule has 4 aromatic carbocycles. The van der Waals surface area contributed by atoms with Crippen LogP contribution in [0.15, 0.2) is 103 Å². The van der Waals surface area contributed by atoms with Gasteiger partial charge in [-0.15, -0.1) is 6.58 Å². The number of para-hydroxylation sites is 1. The van der Waals surface area contributed by atoms with Crippen molar-refractivity contribution in [2.45, 2.75) is 26.4 Å². The summed E-state index contributed by atoms with van der Waals surface area (Å²) < 4.78 is 12.3. The second-order valence-electron chi connectivity index (χ2n) is 9.94. The van der Waals surface area contributed by atoms with E-state index in [2.05, 4.69) is 59.3 Å². The quantitative estimate of drug-likeness (QED) is 0.0961. The van der Waals surface area contributed by atoms with Crippen molar-refractivity contribution in [2.24, 2.45) is 0 Å². The number of carbonyl (C=O) groups is 1. The summed E-state index contributed by atoms with van der Waals surface area (Å²) in [6.45, 7) is 7.03. The fourth-order valence-corrected chi connectivity index (χ4v) is 5.04. The highest BCUT2D eigenvalue weighted by Crippen LogP contribution is 2.35. The second-order valence-corrected chi connectivity index (χ2v) is 9.94. The van der Waals surface area contributed by atoms with Gasteiger partial charge in [-0.1, -0.05) is 60.7 Å². The average Bonchev–Trinajstić information content (AvgIpc) is 3.42. The summed E-state index contributed by atoms with van der Waals surface area (Å²) in [6, 6.07) is 28.3. The van der Waals surface area contributed by atoms with Crippen molar-refractivity contribution in [1.29, 1.82) is 5.26 Å². The molecule has 6 nitrogen and oxygen atoms in total. The van der Waals surface area contributed by atoms with Crippen LogP contribution < -0.4 is 14.8 Å². The van der Waals surface area contributed by atoms with Gasteiger partial charge in [0.05, 0.1) is 6.61 Å². The van der Waals surface area contributed by atoms with Crippen molar-refractivity contribution >= 4 is 33.7 Å². The molecule has 210 valence electrons. The van der Waals surface area contributed by atoms with Crippen LogP contribution >= 0.6 is 0 Å². The first kappa shape index (κ1) is 28.3. The average molecular weight is 556 g/mol. The first-order valence-electron chi connectivity index (χ1n) is 14.1. The third kappa shape index (κ3) is 6.54. The Bertz CT molecular complexity index is 1810. The molecule has 0 aliphatic carbocycles. The number of benzene rings is 4. The van der Waals surface area contributed by atoms with Gasteiger partial charge in [0, 0.05) is 29.2 Å². The van der Waals surface area contributed by atoms with Crippen LogP contribution in [0.2, 0.25) is 0 Å². The van der Waals surface area contributed by atoms with Crippen LogP contribution in [0.1, 0.15) is 29.2 Å². The summed E-state index contributed by atoms with van der Waals surface area (Å²) in [7, 11) is 0. The van der Waals surface area contributed by atoms with Gasteiger partial charge in [-0.25, -0.2) is 0 Å². The van der Waals surface area contributed by atoms with Gasteiger partial charge in [0.2, 0.25) is 0 Å². The maximum absolute atomic E-state index is 12.9. The van der Waals surface area contributed by atoms with Crippen molar-refractivity contribution in [3.05, 3.63) is 126 Å². The molecule has 0 unspecified atom stereocenters. The van der Waals surface area contributed by atoms with Gasteiger partial charge in [0.1, 0.15) is 18.2 Å². The van der Waals surface area contributed by atoms with Gasteiger partial charge in [0.15, 0.2) is 11.5 Å². The maximum atomic E-state index is 12.9. The Morgan fingerprint density at radius 3 is 2.62 bits per heavy atom. The Morgan fingerprint density at radius 1 is 1.00 bits per heavy atom. The van der Waals surface area contributed by atoms with E-state index >= 15 is 0 Å². The number of allylic oxidation sites excluding steroid dienone is 1. The van der Waals surface area contributed by atoms with Crippen LogP contribution in [0.5, 0.6) is 11.5 Å². The van der Waals surface area contributed by atoms with E-state index in [1.807, 2.05) is 55.6 Å². The number of H-pyrrole nitrogens is 1. The number of nitriles is 1. The van der Waals surface area contributed by atoms with E-state index in [1.54, 1.807) is 12.2 Å². The van der Waals surface area contributed by atoms with Gasteiger partial charge in [-0.05, 0) is 77.6 Å². The molecule has 42 heavy (non-hydrogen) atoms. The van der Waals surface area contributed by atoms with E-state index in [-0.39, 0.29) is 5.57 Å². The van der Waals surface area contributed by atoms with E-state index in [4.69, 9.17) is 9.47 Å². The molecule has 0 spiro atoms. The molecule has 0 saturated heterocycles. The van der Waals surface area contributed by atoms with Crippen molar-refractivity contribution in [1.82, 2.24) is 10.3 Å². The molecular formula is C36H33N3O3. The number of fused-ring (bicyclic) bond motifs is 2. The fraction of sp³-hybridized carbons (Fsp3) is 0.167. The zero-order valence-electron chi connectivity index (χ0n) is 23.7. The number of nitrogens with one attached hydrogen (secondary N) is 2. The van der Waals surface area contributed by atoms with Gasteiger partial charge < -0.3 is 19.8 Å². The highest BCUT2D eigenvalue weighted by molar-refractivity contribution is 6.01. The Morgan fingerprint density at radius 2 is 1.81 bits per heavy atom. The van der Waals surface area contributed by atoms with Crippen molar-refractivity contribution < 1.29 is 14.3 Å². The Labute approximate surface area is 245 Å². The van der Waals surface area contributed by atoms with Crippen LogP contribution in [0.4, 0.5) is 0 Å². The molecule has 5 rings (SSSR count). The molecule has 0 atom stereocenters. The minimum absolute atomic E-state index is 0.0192. The summed E-state index contributed by atoms with van der Waals surface area (Å²) in [4.78, 5) is 16.2. The van der Waals surface area contributed by atoms with E-state index in [9.17, 15) is 10.1 Å². The number of nitrogens with zero attached hydrogens (tertiary/aromatic N) is 1. The minimum Gasteiger partial charge on any atom is -0.490 e. The number of rotatable bonds is 12. The number of carbonyl (C=O) groups excluding carboxylic acids is 1.